The molecule has 4 rings (SSSR count). The highest BCUT2D eigenvalue weighted by atomic mass is 32.2. The minimum absolute atomic E-state index is 0.114. The van der Waals surface area contributed by atoms with Gasteiger partial charge in [0.15, 0.2) is 5.82 Å². The Kier molecular flexibility index (Phi) is 5.90. The van der Waals surface area contributed by atoms with Crippen LogP contribution in [0, 0.1) is 12.7 Å². The third-order valence-electron chi connectivity index (χ3n) is 4.49. The number of rotatable bonds is 6. The molecule has 0 bridgehead atoms. The molecule has 0 aliphatic carbocycles. The zero-order valence-corrected chi connectivity index (χ0v) is 17.1. The molecule has 0 radical (unpaired) electrons. The van der Waals surface area contributed by atoms with Crippen molar-refractivity contribution in [1.82, 2.24) is 14.8 Å². The Labute approximate surface area is 178 Å². The van der Waals surface area contributed by atoms with Gasteiger partial charge in [-0.15, -0.1) is 5.10 Å². The molecule has 0 unspecified atom stereocenters. The van der Waals surface area contributed by atoms with E-state index in [1.54, 1.807) is 23.7 Å². The first-order chi connectivity index (χ1) is 14.6. The number of nitrogens with zero attached hydrogens (tertiary/aromatic N) is 3. The summed E-state index contributed by atoms with van der Waals surface area (Å²) in [4.78, 5) is 17.0. The van der Waals surface area contributed by atoms with Crippen LogP contribution >= 0.6 is 11.8 Å². The fourth-order valence-corrected chi connectivity index (χ4v) is 3.56. The monoisotopic (exact) mass is 418 g/mol. The molecule has 150 valence electrons. The van der Waals surface area contributed by atoms with Crippen molar-refractivity contribution in [2.75, 3.05) is 11.1 Å². The topological polar surface area (TPSA) is 59.8 Å². The number of nitrogens with one attached hydrogen (secondary N) is 1. The number of halogens is 1. The average Bonchev–Trinajstić information content (AvgIpc) is 3.21. The summed E-state index contributed by atoms with van der Waals surface area (Å²) in [6.45, 7) is 1.63. The van der Waals surface area contributed by atoms with Crippen LogP contribution < -0.4 is 5.32 Å². The number of amides is 1. The van der Waals surface area contributed by atoms with Crippen molar-refractivity contribution >= 4 is 23.4 Å². The Morgan fingerprint density at radius 2 is 1.70 bits per heavy atom. The predicted octanol–water partition coefficient (Wildman–Crippen LogP) is 5.11. The van der Waals surface area contributed by atoms with E-state index in [1.165, 1.54) is 17.8 Å². The van der Waals surface area contributed by atoms with Gasteiger partial charge in [-0.1, -0.05) is 66.4 Å². The van der Waals surface area contributed by atoms with E-state index in [0.29, 0.717) is 22.2 Å². The lowest BCUT2D eigenvalue weighted by Gasteiger charge is -2.08. The van der Waals surface area contributed by atoms with E-state index < -0.39 is 0 Å². The van der Waals surface area contributed by atoms with Crippen LogP contribution in [0.2, 0.25) is 0 Å². The second-order valence-electron chi connectivity index (χ2n) is 6.58. The summed E-state index contributed by atoms with van der Waals surface area (Å²) in [6.07, 6.45) is 0. The van der Waals surface area contributed by atoms with E-state index in [-0.39, 0.29) is 17.5 Å². The Hall–Kier alpha value is -3.45. The molecule has 1 aromatic heterocycles. The number of para-hydroxylation sites is 1. The molecule has 0 spiro atoms. The fraction of sp³-hybridized carbons (Fsp3) is 0.0870. The number of aromatic nitrogens is 3. The minimum Gasteiger partial charge on any atom is -0.325 e. The molecular formula is C23H19FN4OS. The second kappa shape index (κ2) is 8.92. The van der Waals surface area contributed by atoms with Gasteiger partial charge in [0.2, 0.25) is 11.1 Å². The van der Waals surface area contributed by atoms with Gasteiger partial charge in [0, 0.05) is 16.8 Å². The first-order valence-corrected chi connectivity index (χ1v) is 10.4. The standard InChI is InChI=1S/C23H19FN4OS/c1-16-19(24)13-8-14-20(16)25-21(29)15-30-23-26-22(17-9-4-2-5-10-17)28(27-23)18-11-6-3-7-12-18/h2-14H,15H2,1H3,(H,25,29). The van der Waals surface area contributed by atoms with Gasteiger partial charge in [-0.05, 0) is 31.2 Å². The number of anilines is 1. The van der Waals surface area contributed by atoms with Gasteiger partial charge in [-0.2, -0.15) is 0 Å². The van der Waals surface area contributed by atoms with Crippen molar-refractivity contribution in [1.29, 1.82) is 0 Å². The maximum Gasteiger partial charge on any atom is 0.234 e. The summed E-state index contributed by atoms with van der Waals surface area (Å²) in [5, 5.41) is 7.83. The lowest BCUT2D eigenvalue weighted by molar-refractivity contribution is -0.113. The Morgan fingerprint density at radius 3 is 2.43 bits per heavy atom. The highest BCUT2D eigenvalue weighted by Gasteiger charge is 2.15. The van der Waals surface area contributed by atoms with Crippen molar-refractivity contribution in [3.8, 4) is 17.1 Å². The van der Waals surface area contributed by atoms with Crippen LogP contribution in [0.4, 0.5) is 10.1 Å². The van der Waals surface area contributed by atoms with Gasteiger partial charge >= 0.3 is 0 Å². The van der Waals surface area contributed by atoms with Crippen molar-refractivity contribution in [3.63, 3.8) is 0 Å². The lowest BCUT2D eigenvalue weighted by atomic mass is 10.2. The van der Waals surface area contributed by atoms with E-state index in [4.69, 9.17) is 0 Å². The molecule has 5 nitrogen and oxygen atoms in total. The predicted molar refractivity (Wildman–Crippen MR) is 117 cm³/mol. The van der Waals surface area contributed by atoms with Crippen LogP contribution in [0.3, 0.4) is 0 Å². The highest BCUT2D eigenvalue weighted by Crippen LogP contribution is 2.25. The normalized spacial score (nSPS) is 10.7. The molecule has 0 aliphatic heterocycles. The molecule has 1 amide bonds. The molecule has 0 saturated carbocycles. The van der Waals surface area contributed by atoms with Crippen molar-refractivity contribution in [3.05, 3.63) is 90.2 Å². The van der Waals surface area contributed by atoms with E-state index >= 15 is 0 Å². The summed E-state index contributed by atoms with van der Waals surface area (Å²) < 4.78 is 15.4. The average molecular weight is 418 g/mol. The van der Waals surface area contributed by atoms with E-state index in [1.807, 2.05) is 60.7 Å². The number of carbonyl (C=O) groups excluding carboxylic acids is 1. The summed E-state index contributed by atoms with van der Waals surface area (Å²) in [7, 11) is 0. The molecular weight excluding hydrogens is 399 g/mol. The number of carbonyl (C=O) groups is 1. The second-order valence-corrected chi connectivity index (χ2v) is 7.52. The molecule has 30 heavy (non-hydrogen) atoms. The van der Waals surface area contributed by atoms with Crippen LogP contribution in [0.1, 0.15) is 5.56 Å². The summed E-state index contributed by atoms with van der Waals surface area (Å²) in [6, 6.07) is 24.1. The quantitative estimate of drug-likeness (QED) is 0.442. The van der Waals surface area contributed by atoms with E-state index in [9.17, 15) is 9.18 Å². The first-order valence-electron chi connectivity index (χ1n) is 9.37. The van der Waals surface area contributed by atoms with Gasteiger partial charge in [0.05, 0.1) is 11.4 Å². The Bertz CT molecular complexity index is 1110. The summed E-state index contributed by atoms with van der Waals surface area (Å²) in [5.74, 6) is 0.219. The van der Waals surface area contributed by atoms with Crippen LogP contribution in [0.25, 0.3) is 17.1 Å². The van der Waals surface area contributed by atoms with E-state index in [0.717, 1.165) is 11.3 Å². The molecule has 0 saturated heterocycles. The molecule has 0 aliphatic rings. The van der Waals surface area contributed by atoms with Crippen LogP contribution in [0.15, 0.2) is 84.0 Å². The summed E-state index contributed by atoms with van der Waals surface area (Å²) >= 11 is 1.23. The largest absolute Gasteiger partial charge is 0.325 e. The van der Waals surface area contributed by atoms with Crippen molar-refractivity contribution in [2.24, 2.45) is 0 Å². The van der Waals surface area contributed by atoms with Crippen LogP contribution in [-0.4, -0.2) is 26.4 Å². The van der Waals surface area contributed by atoms with Crippen molar-refractivity contribution < 1.29 is 9.18 Å². The lowest BCUT2D eigenvalue weighted by Crippen LogP contribution is -2.15. The van der Waals surface area contributed by atoms with Crippen LogP contribution in [0.5, 0.6) is 0 Å². The molecule has 0 fully saturated rings. The smallest absolute Gasteiger partial charge is 0.234 e. The molecule has 1 heterocycles. The third kappa shape index (κ3) is 4.41. The van der Waals surface area contributed by atoms with Gasteiger partial charge in [-0.25, -0.2) is 14.1 Å². The number of thioether (sulfide) groups is 1. The summed E-state index contributed by atoms with van der Waals surface area (Å²) in [5.41, 5.74) is 2.69. The Morgan fingerprint density at radius 1 is 1.00 bits per heavy atom. The molecule has 0 atom stereocenters. The number of hydrogen-bond acceptors (Lipinski definition) is 4. The third-order valence-corrected chi connectivity index (χ3v) is 5.33. The maximum absolute atomic E-state index is 13.7. The van der Waals surface area contributed by atoms with Crippen molar-refractivity contribution in [2.45, 2.75) is 12.1 Å². The zero-order chi connectivity index (χ0) is 20.9. The van der Waals surface area contributed by atoms with Gasteiger partial charge in [0.1, 0.15) is 5.82 Å². The van der Waals surface area contributed by atoms with Gasteiger partial charge in [0.25, 0.3) is 0 Å². The molecule has 7 heteroatoms. The minimum atomic E-state index is -0.351. The Balaban J connectivity index is 1.54. The molecule has 3 aromatic carbocycles. The number of hydrogen-bond donors (Lipinski definition) is 1. The highest BCUT2D eigenvalue weighted by molar-refractivity contribution is 7.99. The molecule has 4 aromatic rings. The fourth-order valence-electron chi connectivity index (χ4n) is 2.94. The number of benzene rings is 3. The van der Waals surface area contributed by atoms with Gasteiger partial charge in [-0.3, -0.25) is 4.79 Å². The maximum atomic E-state index is 13.7. The van der Waals surface area contributed by atoms with Crippen LogP contribution in [-0.2, 0) is 4.79 Å². The molecule has 1 N–H and O–H groups in total. The van der Waals surface area contributed by atoms with E-state index in [2.05, 4.69) is 15.4 Å². The SMILES string of the molecule is Cc1c(F)cccc1NC(=O)CSc1nc(-c2ccccc2)n(-c2ccccc2)n1. The van der Waals surface area contributed by atoms with Gasteiger partial charge < -0.3 is 5.32 Å². The first kappa shape index (κ1) is 19.8. The zero-order valence-electron chi connectivity index (χ0n) is 16.2.